The number of nitrogens with zero attached hydrogens (tertiary/aromatic N) is 6. The van der Waals surface area contributed by atoms with Crippen molar-refractivity contribution in [2.75, 3.05) is 33.7 Å². The van der Waals surface area contributed by atoms with E-state index in [0.29, 0.717) is 11.6 Å². The number of piperidine rings is 1. The maximum atomic E-state index is 12.9. The zero-order chi connectivity index (χ0) is 18.7. The highest BCUT2D eigenvalue weighted by atomic mass is 16.2. The molecular formula is C19H30N6O. The molecule has 1 aliphatic rings. The van der Waals surface area contributed by atoms with E-state index < -0.39 is 0 Å². The lowest BCUT2D eigenvalue weighted by atomic mass is 9.96. The van der Waals surface area contributed by atoms with Gasteiger partial charge >= 0.3 is 0 Å². The molecule has 1 amide bonds. The van der Waals surface area contributed by atoms with Crippen LogP contribution in [0.3, 0.4) is 0 Å². The van der Waals surface area contributed by atoms with E-state index in [9.17, 15) is 4.79 Å². The van der Waals surface area contributed by atoms with Crippen molar-refractivity contribution in [3.63, 3.8) is 0 Å². The van der Waals surface area contributed by atoms with Gasteiger partial charge in [0.2, 0.25) is 0 Å². The minimum Gasteiger partial charge on any atom is -0.337 e. The van der Waals surface area contributed by atoms with Gasteiger partial charge in [0.15, 0.2) is 0 Å². The summed E-state index contributed by atoms with van der Waals surface area (Å²) in [6, 6.07) is 1.87. The summed E-state index contributed by atoms with van der Waals surface area (Å²) in [4.78, 5) is 21.7. The van der Waals surface area contributed by atoms with Gasteiger partial charge in [0.1, 0.15) is 11.5 Å². The summed E-state index contributed by atoms with van der Waals surface area (Å²) in [6.07, 6.45) is 7.14. The summed E-state index contributed by atoms with van der Waals surface area (Å²) in [5.41, 5.74) is 1.54. The third kappa shape index (κ3) is 4.15. The molecule has 26 heavy (non-hydrogen) atoms. The van der Waals surface area contributed by atoms with Gasteiger partial charge in [-0.05, 0) is 52.9 Å². The van der Waals surface area contributed by atoms with Gasteiger partial charge in [0.25, 0.3) is 5.91 Å². The van der Waals surface area contributed by atoms with Crippen molar-refractivity contribution in [2.45, 2.75) is 38.6 Å². The van der Waals surface area contributed by atoms with Crippen LogP contribution in [0.5, 0.6) is 0 Å². The fourth-order valence-corrected chi connectivity index (χ4v) is 3.77. The van der Waals surface area contributed by atoms with Crippen molar-refractivity contribution in [3.8, 4) is 0 Å². The van der Waals surface area contributed by atoms with Crippen molar-refractivity contribution < 1.29 is 4.79 Å². The van der Waals surface area contributed by atoms with E-state index in [1.54, 1.807) is 4.68 Å². The van der Waals surface area contributed by atoms with E-state index in [-0.39, 0.29) is 5.91 Å². The summed E-state index contributed by atoms with van der Waals surface area (Å²) in [5.74, 6) is 1.49. The number of imidazole rings is 1. The molecule has 142 valence electrons. The van der Waals surface area contributed by atoms with Gasteiger partial charge in [-0.3, -0.25) is 9.48 Å². The molecule has 0 N–H and O–H groups in total. The Hall–Kier alpha value is -2.15. The molecule has 0 saturated carbocycles. The topological polar surface area (TPSA) is 59.2 Å². The van der Waals surface area contributed by atoms with E-state index in [1.807, 2.05) is 31.1 Å². The first-order chi connectivity index (χ1) is 12.5. The van der Waals surface area contributed by atoms with E-state index >= 15 is 0 Å². The Balaban J connectivity index is 1.68. The van der Waals surface area contributed by atoms with Crippen LogP contribution in [0.4, 0.5) is 0 Å². The first-order valence-electron chi connectivity index (χ1n) is 9.41. The number of hydrogen-bond acceptors (Lipinski definition) is 4. The normalized spacial score (nSPS) is 17.9. The quantitative estimate of drug-likeness (QED) is 0.791. The van der Waals surface area contributed by atoms with Gasteiger partial charge in [-0.2, -0.15) is 5.10 Å². The van der Waals surface area contributed by atoms with Crippen LogP contribution in [-0.2, 0) is 13.6 Å². The smallest absolute Gasteiger partial charge is 0.272 e. The van der Waals surface area contributed by atoms with Crippen LogP contribution in [0.2, 0.25) is 0 Å². The minimum absolute atomic E-state index is 0.0727. The SMILES string of the molecule is Cc1cc(C(=O)N2CCC[C@@H](c3nccn3CCCN(C)C)C2)n(C)n1. The second-order valence-corrected chi connectivity index (χ2v) is 7.52. The number of carbonyl (C=O) groups is 1. The Kier molecular flexibility index (Phi) is 5.76. The molecular weight excluding hydrogens is 328 g/mol. The third-order valence-electron chi connectivity index (χ3n) is 5.05. The molecule has 1 atom stereocenters. The van der Waals surface area contributed by atoms with Crippen molar-refractivity contribution in [1.29, 1.82) is 0 Å². The summed E-state index contributed by atoms with van der Waals surface area (Å²) < 4.78 is 3.94. The van der Waals surface area contributed by atoms with E-state index in [0.717, 1.165) is 57.0 Å². The Morgan fingerprint density at radius 2 is 2.19 bits per heavy atom. The molecule has 2 aromatic heterocycles. The zero-order valence-corrected chi connectivity index (χ0v) is 16.4. The van der Waals surface area contributed by atoms with Gasteiger partial charge in [-0.1, -0.05) is 0 Å². The van der Waals surface area contributed by atoms with Crippen molar-refractivity contribution in [3.05, 3.63) is 35.7 Å². The standard InChI is InChI=1S/C19H30N6O/c1-15-13-17(23(4)21-15)19(26)25-10-5-7-16(14-25)18-20-8-12-24(18)11-6-9-22(2)3/h8,12-13,16H,5-7,9-11,14H2,1-4H3/t16-/m1/s1. The molecule has 7 heteroatoms. The second kappa shape index (κ2) is 8.03. The lowest BCUT2D eigenvalue weighted by Crippen LogP contribution is -2.40. The maximum absolute atomic E-state index is 12.9. The highest BCUT2D eigenvalue weighted by molar-refractivity contribution is 5.92. The molecule has 3 rings (SSSR count). The van der Waals surface area contributed by atoms with Crippen LogP contribution in [0.15, 0.2) is 18.5 Å². The highest BCUT2D eigenvalue weighted by Crippen LogP contribution is 2.27. The molecule has 2 aromatic rings. The molecule has 0 unspecified atom stereocenters. The van der Waals surface area contributed by atoms with Crippen molar-refractivity contribution in [1.82, 2.24) is 29.1 Å². The molecule has 0 bridgehead atoms. The summed E-state index contributed by atoms with van der Waals surface area (Å²) >= 11 is 0. The predicted molar refractivity (Wildman–Crippen MR) is 101 cm³/mol. The lowest BCUT2D eigenvalue weighted by Gasteiger charge is -2.32. The Labute approximate surface area is 155 Å². The number of amides is 1. The monoisotopic (exact) mass is 358 g/mol. The van der Waals surface area contributed by atoms with Gasteiger partial charge in [0.05, 0.1) is 5.69 Å². The van der Waals surface area contributed by atoms with Crippen LogP contribution in [-0.4, -0.2) is 68.8 Å². The van der Waals surface area contributed by atoms with Crippen LogP contribution < -0.4 is 0 Å². The summed E-state index contributed by atoms with van der Waals surface area (Å²) in [6.45, 7) is 5.49. The van der Waals surface area contributed by atoms with Crippen LogP contribution in [0, 0.1) is 6.92 Å². The number of aromatic nitrogens is 4. The Bertz CT molecular complexity index is 747. The Morgan fingerprint density at radius 1 is 1.38 bits per heavy atom. The average Bonchev–Trinajstić information content (AvgIpc) is 3.20. The summed E-state index contributed by atoms with van der Waals surface area (Å²) in [7, 11) is 6.03. The molecule has 7 nitrogen and oxygen atoms in total. The number of rotatable bonds is 6. The molecule has 3 heterocycles. The van der Waals surface area contributed by atoms with Crippen molar-refractivity contribution >= 4 is 5.91 Å². The molecule has 0 spiro atoms. The first kappa shape index (κ1) is 18.6. The zero-order valence-electron chi connectivity index (χ0n) is 16.4. The summed E-state index contributed by atoms with van der Waals surface area (Å²) in [5, 5.41) is 4.31. The fourth-order valence-electron chi connectivity index (χ4n) is 3.77. The van der Waals surface area contributed by atoms with Gasteiger partial charge in [0, 0.05) is 45.0 Å². The molecule has 1 aliphatic heterocycles. The molecule has 0 aliphatic carbocycles. The number of hydrogen-bond donors (Lipinski definition) is 0. The van der Waals surface area contributed by atoms with E-state index in [1.165, 1.54) is 0 Å². The number of carbonyl (C=O) groups excluding carboxylic acids is 1. The lowest BCUT2D eigenvalue weighted by molar-refractivity contribution is 0.0692. The molecule has 1 fully saturated rings. The number of aryl methyl sites for hydroxylation is 3. The fraction of sp³-hybridized carbons (Fsp3) is 0.632. The largest absolute Gasteiger partial charge is 0.337 e. The second-order valence-electron chi connectivity index (χ2n) is 7.52. The maximum Gasteiger partial charge on any atom is 0.272 e. The van der Waals surface area contributed by atoms with Crippen molar-refractivity contribution in [2.24, 2.45) is 7.05 Å². The number of likely N-dealkylation sites (tertiary alicyclic amines) is 1. The molecule has 0 aromatic carbocycles. The van der Waals surface area contributed by atoms with Gasteiger partial charge < -0.3 is 14.4 Å². The first-order valence-corrected chi connectivity index (χ1v) is 9.41. The van der Waals surface area contributed by atoms with Crippen LogP contribution in [0.25, 0.3) is 0 Å². The minimum atomic E-state index is 0.0727. The third-order valence-corrected chi connectivity index (χ3v) is 5.05. The van der Waals surface area contributed by atoms with Crippen LogP contribution in [0.1, 0.15) is 47.2 Å². The molecule has 0 radical (unpaired) electrons. The Morgan fingerprint density at radius 3 is 2.88 bits per heavy atom. The predicted octanol–water partition coefficient (Wildman–Crippen LogP) is 1.90. The van der Waals surface area contributed by atoms with E-state index in [4.69, 9.17) is 0 Å². The van der Waals surface area contributed by atoms with Crippen LogP contribution >= 0.6 is 0 Å². The molecule has 1 saturated heterocycles. The van der Waals surface area contributed by atoms with Gasteiger partial charge in [-0.15, -0.1) is 0 Å². The van der Waals surface area contributed by atoms with Gasteiger partial charge in [-0.25, -0.2) is 4.98 Å². The highest BCUT2D eigenvalue weighted by Gasteiger charge is 2.29. The average molecular weight is 358 g/mol. The van der Waals surface area contributed by atoms with E-state index in [2.05, 4.69) is 39.8 Å².